The van der Waals surface area contributed by atoms with Crippen molar-refractivity contribution < 1.29 is 31.5 Å². The van der Waals surface area contributed by atoms with Crippen LogP contribution in [0.1, 0.15) is 33.6 Å². The number of alkyl halides is 3. The van der Waals surface area contributed by atoms with Crippen LogP contribution < -0.4 is 9.62 Å². The van der Waals surface area contributed by atoms with E-state index in [9.17, 15) is 31.5 Å². The van der Waals surface area contributed by atoms with E-state index in [4.69, 9.17) is 0 Å². The Hall–Kier alpha value is -4.15. The van der Waals surface area contributed by atoms with Crippen LogP contribution in [0.25, 0.3) is 0 Å². The Morgan fingerprint density at radius 1 is 0.975 bits per heavy atom. The minimum absolute atomic E-state index is 0.161. The molecule has 40 heavy (non-hydrogen) atoms. The van der Waals surface area contributed by atoms with Crippen LogP contribution in [-0.4, -0.2) is 72.6 Å². The lowest BCUT2D eigenvalue weighted by Crippen LogP contribution is -2.46. The first kappa shape index (κ1) is 28.8. The number of rotatable bonds is 7. The Labute approximate surface area is 229 Å². The van der Waals surface area contributed by atoms with E-state index in [2.05, 4.69) is 26.9 Å². The smallest absolute Gasteiger partial charge is 0.390 e. The van der Waals surface area contributed by atoms with Gasteiger partial charge in [-0.1, -0.05) is 36.1 Å². The number of nitrogens with one attached hydrogen (secondary N) is 1. The molecule has 0 aliphatic carbocycles. The number of aromatic hydroxyl groups is 1. The fourth-order valence-electron chi connectivity index (χ4n) is 3.99. The predicted octanol–water partition coefficient (Wildman–Crippen LogP) is 2.92. The molecule has 2 heterocycles. The standard InChI is InChI=1S/C27H26F3N5O4S/c28-27(29,30)12-17-40(38,39)33-26(37)24-10-11-25(32-31-24)35-15-13-34(14-16-35)19-22-6-2-1-5-21(22)9-8-20-4-3-7-23(36)18-20/h1-7,10-11,18,36H,12-17,19H2,(H,33,37). The molecule has 1 amide bonds. The molecule has 2 N–H and O–H groups in total. The number of halogens is 3. The second-order valence-electron chi connectivity index (χ2n) is 9.11. The number of phenols is 1. The summed E-state index contributed by atoms with van der Waals surface area (Å²) in [4.78, 5) is 16.4. The lowest BCUT2D eigenvalue weighted by molar-refractivity contribution is -0.130. The summed E-state index contributed by atoms with van der Waals surface area (Å²) >= 11 is 0. The van der Waals surface area contributed by atoms with Crippen molar-refractivity contribution >= 4 is 21.7 Å². The second kappa shape index (κ2) is 12.4. The van der Waals surface area contributed by atoms with Crippen molar-refractivity contribution in [1.82, 2.24) is 19.8 Å². The van der Waals surface area contributed by atoms with Crippen LogP contribution in [0.3, 0.4) is 0 Å². The zero-order valence-electron chi connectivity index (χ0n) is 21.2. The number of nitrogens with zero attached hydrogens (tertiary/aromatic N) is 4. The maximum atomic E-state index is 12.3. The number of hydrogen-bond donors (Lipinski definition) is 2. The molecule has 1 fully saturated rings. The van der Waals surface area contributed by atoms with Crippen LogP contribution in [-0.2, 0) is 16.6 Å². The number of phenolic OH excluding ortho intramolecular Hbond substituents is 1. The largest absolute Gasteiger partial charge is 0.508 e. The van der Waals surface area contributed by atoms with E-state index in [-0.39, 0.29) is 11.4 Å². The Morgan fingerprint density at radius 3 is 2.40 bits per heavy atom. The van der Waals surface area contributed by atoms with Gasteiger partial charge in [0.15, 0.2) is 11.5 Å². The molecular weight excluding hydrogens is 547 g/mol. The summed E-state index contributed by atoms with van der Waals surface area (Å²) in [5, 5.41) is 17.4. The van der Waals surface area contributed by atoms with Gasteiger partial charge in [0.25, 0.3) is 5.91 Å². The van der Waals surface area contributed by atoms with Gasteiger partial charge in [0.2, 0.25) is 10.0 Å². The van der Waals surface area contributed by atoms with Crippen LogP contribution in [0.5, 0.6) is 5.75 Å². The van der Waals surface area contributed by atoms with Crippen LogP contribution in [0.15, 0.2) is 60.7 Å². The van der Waals surface area contributed by atoms with Gasteiger partial charge in [-0.3, -0.25) is 9.69 Å². The Morgan fingerprint density at radius 2 is 1.73 bits per heavy atom. The van der Waals surface area contributed by atoms with Crippen LogP contribution in [0.2, 0.25) is 0 Å². The summed E-state index contributed by atoms with van der Waals surface area (Å²) < 4.78 is 62.0. The molecule has 0 atom stereocenters. The van der Waals surface area contributed by atoms with Crippen LogP contribution >= 0.6 is 0 Å². The van der Waals surface area contributed by atoms with Crippen molar-refractivity contribution in [2.75, 3.05) is 36.8 Å². The third-order valence-electron chi connectivity index (χ3n) is 6.08. The molecule has 0 saturated carbocycles. The summed E-state index contributed by atoms with van der Waals surface area (Å²) in [6.45, 7) is 3.38. The number of hydrogen-bond acceptors (Lipinski definition) is 8. The van der Waals surface area contributed by atoms with Gasteiger partial charge in [0.05, 0.1) is 12.2 Å². The van der Waals surface area contributed by atoms with E-state index < -0.39 is 34.3 Å². The quantitative estimate of drug-likeness (QED) is 0.415. The molecule has 0 spiro atoms. The first-order chi connectivity index (χ1) is 19.0. The molecule has 2 aromatic carbocycles. The Balaban J connectivity index is 1.31. The van der Waals surface area contributed by atoms with Gasteiger partial charge < -0.3 is 10.0 Å². The Kier molecular flexibility index (Phi) is 8.91. The number of sulfonamides is 1. The molecule has 13 heteroatoms. The molecule has 4 rings (SSSR count). The Bertz CT molecular complexity index is 1510. The van der Waals surface area contributed by atoms with E-state index in [1.54, 1.807) is 22.9 Å². The number of carbonyl (C=O) groups is 1. The molecule has 0 radical (unpaired) electrons. The summed E-state index contributed by atoms with van der Waals surface area (Å²) in [7, 11) is -4.47. The number of carbonyl (C=O) groups excluding carboxylic acids is 1. The van der Waals surface area contributed by atoms with E-state index in [1.807, 2.05) is 35.2 Å². The van der Waals surface area contributed by atoms with Crippen molar-refractivity contribution in [3.63, 3.8) is 0 Å². The number of anilines is 1. The normalized spacial score (nSPS) is 14.3. The number of amides is 1. The van der Waals surface area contributed by atoms with Gasteiger partial charge in [-0.25, -0.2) is 13.1 Å². The first-order valence-corrected chi connectivity index (χ1v) is 13.9. The van der Waals surface area contributed by atoms with Crippen molar-refractivity contribution in [2.45, 2.75) is 19.1 Å². The van der Waals surface area contributed by atoms with Gasteiger partial charge >= 0.3 is 6.18 Å². The summed E-state index contributed by atoms with van der Waals surface area (Å²) in [5.41, 5.74) is 2.37. The number of piperazine rings is 1. The van der Waals surface area contributed by atoms with Gasteiger partial charge in [-0.2, -0.15) is 13.2 Å². The van der Waals surface area contributed by atoms with Gasteiger partial charge in [-0.15, -0.1) is 10.2 Å². The third-order valence-corrected chi connectivity index (χ3v) is 7.32. The van der Waals surface area contributed by atoms with Crippen molar-refractivity contribution in [2.24, 2.45) is 0 Å². The number of benzene rings is 2. The lowest BCUT2D eigenvalue weighted by Gasteiger charge is -2.35. The summed E-state index contributed by atoms with van der Waals surface area (Å²) in [6.07, 6.45) is -6.22. The topological polar surface area (TPSA) is 116 Å². The molecule has 1 saturated heterocycles. The molecule has 1 aromatic heterocycles. The fraction of sp³-hybridized carbons (Fsp3) is 0.296. The first-order valence-electron chi connectivity index (χ1n) is 12.3. The fourth-order valence-corrected chi connectivity index (χ4v) is 4.98. The third kappa shape index (κ3) is 8.42. The molecule has 9 nitrogen and oxygen atoms in total. The van der Waals surface area contributed by atoms with Crippen molar-refractivity contribution in [1.29, 1.82) is 0 Å². The summed E-state index contributed by atoms with van der Waals surface area (Å²) in [5.74, 6) is 4.53. The second-order valence-corrected chi connectivity index (χ2v) is 11.0. The minimum Gasteiger partial charge on any atom is -0.508 e. The number of aromatic nitrogens is 2. The summed E-state index contributed by atoms with van der Waals surface area (Å²) in [6, 6.07) is 17.4. The average molecular weight is 574 g/mol. The van der Waals surface area contributed by atoms with Crippen LogP contribution in [0, 0.1) is 11.8 Å². The maximum absolute atomic E-state index is 12.3. The van der Waals surface area contributed by atoms with Gasteiger partial charge in [0, 0.05) is 43.9 Å². The lowest BCUT2D eigenvalue weighted by atomic mass is 10.1. The van der Waals surface area contributed by atoms with E-state index in [0.717, 1.165) is 29.8 Å². The molecule has 1 aliphatic rings. The van der Waals surface area contributed by atoms with E-state index in [0.29, 0.717) is 25.5 Å². The van der Waals surface area contributed by atoms with E-state index in [1.165, 1.54) is 12.1 Å². The molecule has 210 valence electrons. The highest BCUT2D eigenvalue weighted by molar-refractivity contribution is 7.90. The van der Waals surface area contributed by atoms with E-state index >= 15 is 0 Å². The molecule has 1 aliphatic heterocycles. The average Bonchev–Trinajstić information content (AvgIpc) is 2.92. The highest BCUT2D eigenvalue weighted by Gasteiger charge is 2.31. The minimum atomic E-state index is -4.66. The predicted molar refractivity (Wildman–Crippen MR) is 142 cm³/mol. The molecule has 0 bridgehead atoms. The maximum Gasteiger partial charge on any atom is 0.390 e. The zero-order valence-corrected chi connectivity index (χ0v) is 22.0. The monoisotopic (exact) mass is 573 g/mol. The molecular formula is C27H26F3N5O4S. The SMILES string of the molecule is O=C(NS(=O)(=O)CCC(F)(F)F)c1ccc(N2CCN(Cc3ccccc3C#Cc3cccc(O)c3)CC2)nn1. The van der Waals surface area contributed by atoms with Crippen molar-refractivity contribution in [3.8, 4) is 17.6 Å². The molecule has 3 aromatic rings. The highest BCUT2D eigenvalue weighted by Crippen LogP contribution is 2.20. The molecule has 0 unspecified atom stereocenters. The van der Waals surface area contributed by atoms with Gasteiger partial charge in [-0.05, 0) is 42.0 Å². The van der Waals surface area contributed by atoms with Crippen molar-refractivity contribution in [3.05, 3.63) is 83.0 Å². The van der Waals surface area contributed by atoms with Crippen LogP contribution in [0.4, 0.5) is 19.0 Å². The highest BCUT2D eigenvalue weighted by atomic mass is 32.2. The van der Waals surface area contributed by atoms with Gasteiger partial charge in [0.1, 0.15) is 5.75 Å². The zero-order chi connectivity index (χ0) is 28.8.